The van der Waals surface area contributed by atoms with Crippen molar-refractivity contribution in [3.05, 3.63) is 60.1 Å². The molecule has 146 valence electrons. The van der Waals surface area contributed by atoms with Crippen LogP contribution in [-0.2, 0) is 22.4 Å². The maximum absolute atomic E-state index is 13.0. The van der Waals surface area contributed by atoms with Crippen molar-refractivity contribution in [3.8, 4) is 0 Å². The smallest absolute Gasteiger partial charge is 0.243 e. The first-order chi connectivity index (χ1) is 14.2. The molecule has 2 aromatic heterocycles. The molecule has 1 unspecified atom stereocenters. The molecule has 1 N–H and O–H groups in total. The number of carbonyl (C=O) groups is 2. The van der Waals surface area contributed by atoms with E-state index < -0.39 is 6.04 Å². The highest BCUT2D eigenvalue weighted by Crippen LogP contribution is 2.21. The Balaban J connectivity index is 1.39. The van der Waals surface area contributed by atoms with Crippen molar-refractivity contribution in [1.29, 1.82) is 0 Å². The van der Waals surface area contributed by atoms with E-state index in [4.69, 9.17) is 8.94 Å². The van der Waals surface area contributed by atoms with Crippen molar-refractivity contribution in [3.63, 3.8) is 0 Å². The third-order valence-electron chi connectivity index (χ3n) is 5.13. The van der Waals surface area contributed by atoms with Gasteiger partial charge in [0.25, 0.3) is 0 Å². The van der Waals surface area contributed by atoms with Crippen molar-refractivity contribution in [2.24, 2.45) is 0 Å². The molecule has 4 aromatic rings. The van der Waals surface area contributed by atoms with E-state index in [0.29, 0.717) is 35.8 Å². The second kappa shape index (κ2) is 7.05. The maximum Gasteiger partial charge on any atom is 0.243 e. The molecule has 8 heteroatoms. The lowest BCUT2D eigenvalue weighted by molar-refractivity contribution is -0.142. The maximum atomic E-state index is 13.0. The highest BCUT2D eigenvalue weighted by atomic mass is 16.5. The molecule has 0 aliphatic carbocycles. The molecule has 0 spiro atoms. The Hall–Kier alpha value is -3.68. The fraction of sp³-hybridized carbons (Fsp3) is 0.238. The Bertz CT molecular complexity index is 1180. The number of nitrogens with zero attached hydrogens (tertiary/aromatic N) is 3. The van der Waals surface area contributed by atoms with Gasteiger partial charge in [-0.05, 0) is 24.3 Å². The van der Waals surface area contributed by atoms with Crippen LogP contribution >= 0.6 is 0 Å². The van der Waals surface area contributed by atoms with Gasteiger partial charge in [-0.15, -0.1) is 0 Å². The lowest BCUT2D eigenvalue weighted by Crippen LogP contribution is -2.58. The zero-order chi connectivity index (χ0) is 19.8. The molecule has 29 heavy (non-hydrogen) atoms. The number of amides is 2. The zero-order valence-corrected chi connectivity index (χ0v) is 15.5. The normalized spacial score (nSPS) is 17.0. The first-order valence-corrected chi connectivity index (χ1v) is 9.44. The number of hydrogen-bond acceptors (Lipinski definition) is 6. The minimum atomic E-state index is -0.678. The van der Waals surface area contributed by atoms with Crippen LogP contribution in [0.2, 0.25) is 0 Å². The van der Waals surface area contributed by atoms with E-state index in [0.717, 1.165) is 10.9 Å². The number of piperazine rings is 1. The van der Waals surface area contributed by atoms with Gasteiger partial charge in [0.2, 0.25) is 11.8 Å². The summed E-state index contributed by atoms with van der Waals surface area (Å²) in [4.78, 5) is 31.6. The zero-order valence-electron chi connectivity index (χ0n) is 15.5. The molecule has 2 aromatic carbocycles. The second-order valence-corrected chi connectivity index (χ2v) is 6.98. The summed E-state index contributed by atoms with van der Waals surface area (Å²) in [7, 11) is 0. The van der Waals surface area contributed by atoms with E-state index in [9.17, 15) is 9.59 Å². The van der Waals surface area contributed by atoms with Gasteiger partial charge in [0, 0.05) is 18.5 Å². The average molecular weight is 390 g/mol. The first kappa shape index (κ1) is 17.4. The summed E-state index contributed by atoms with van der Waals surface area (Å²) >= 11 is 0. The van der Waals surface area contributed by atoms with E-state index in [2.05, 4.69) is 15.5 Å². The fourth-order valence-electron chi connectivity index (χ4n) is 3.70. The molecular weight excluding hydrogens is 372 g/mol. The van der Waals surface area contributed by atoms with Crippen LogP contribution in [-0.4, -0.2) is 46.0 Å². The van der Waals surface area contributed by atoms with E-state index in [-0.39, 0.29) is 24.7 Å². The molecule has 1 saturated heterocycles. The summed E-state index contributed by atoms with van der Waals surface area (Å²) in [5.74, 6) is 0.0369. The van der Waals surface area contributed by atoms with E-state index in [1.54, 1.807) is 11.0 Å². The number of fused-ring (bicyclic) bond motifs is 2. The van der Waals surface area contributed by atoms with Crippen molar-refractivity contribution in [2.75, 3.05) is 13.1 Å². The minimum absolute atomic E-state index is 0.0638. The van der Waals surface area contributed by atoms with Gasteiger partial charge in [0.15, 0.2) is 17.1 Å². The number of benzene rings is 2. The predicted octanol–water partition coefficient (Wildman–Crippen LogP) is 2.08. The Kier molecular flexibility index (Phi) is 4.23. The molecule has 1 aliphatic heterocycles. The second-order valence-electron chi connectivity index (χ2n) is 6.98. The number of hydrogen-bond donors (Lipinski definition) is 1. The molecule has 5 rings (SSSR count). The number of aromatic nitrogens is 2. The standard InChI is InChI=1S/C21H18N4O4/c26-20(11-15-13-5-1-3-7-17(13)29-24-15)25-10-9-22-21(27)16(25)12-19-23-14-6-2-4-8-18(14)28-19/h1-8,16H,9-12H2,(H,22,27). The first-order valence-electron chi connectivity index (χ1n) is 9.44. The third kappa shape index (κ3) is 3.22. The molecule has 2 amide bonds. The number of carbonyl (C=O) groups excluding carboxylic acids is 2. The van der Waals surface area contributed by atoms with Crippen LogP contribution in [0.25, 0.3) is 22.1 Å². The van der Waals surface area contributed by atoms with Crippen molar-refractivity contribution in [1.82, 2.24) is 20.4 Å². The molecule has 0 radical (unpaired) electrons. The summed E-state index contributed by atoms with van der Waals surface area (Å²) in [6.07, 6.45) is 0.278. The topological polar surface area (TPSA) is 101 Å². The SMILES string of the molecule is O=C1NCCN(C(=O)Cc2noc3ccccc23)C1Cc1nc2ccccc2o1. The van der Waals surface area contributed by atoms with Gasteiger partial charge in [0.05, 0.1) is 12.8 Å². The Labute approximate surface area is 165 Å². The van der Waals surface area contributed by atoms with E-state index in [1.807, 2.05) is 42.5 Å². The lowest BCUT2D eigenvalue weighted by Gasteiger charge is -2.34. The number of oxazole rings is 1. The summed E-state index contributed by atoms with van der Waals surface area (Å²) < 4.78 is 11.0. The number of para-hydroxylation sites is 3. The van der Waals surface area contributed by atoms with Gasteiger partial charge in [-0.1, -0.05) is 29.4 Å². The Morgan fingerprint density at radius 1 is 1.14 bits per heavy atom. The Morgan fingerprint density at radius 3 is 2.79 bits per heavy atom. The van der Waals surface area contributed by atoms with Crippen molar-refractivity contribution >= 4 is 33.9 Å². The highest BCUT2D eigenvalue weighted by Gasteiger charge is 2.34. The van der Waals surface area contributed by atoms with Crippen LogP contribution in [0, 0.1) is 0 Å². The highest BCUT2D eigenvalue weighted by molar-refractivity contribution is 5.91. The van der Waals surface area contributed by atoms with Crippen LogP contribution < -0.4 is 5.32 Å². The molecule has 1 fully saturated rings. The van der Waals surface area contributed by atoms with Gasteiger partial charge < -0.3 is 19.2 Å². The van der Waals surface area contributed by atoms with Gasteiger partial charge in [0.1, 0.15) is 17.3 Å². The van der Waals surface area contributed by atoms with Gasteiger partial charge >= 0.3 is 0 Å². The van der Waals surface area contributed by atoms with Crippen LogP contribution in [0.5, 0.6) is 0 Å². The summed E-state index contributed by atoms with van der Waals surface area (Å²) in [6, 6.07) is 14.1. The molecular formula is C21H18N4O4. The lowest BCUT2D eigenvalue weighted by atomic mass is 10.1. The van der Waals surface area contributed by atoms with Crippen molar-refractivity contribution in [2.45, 2.75) is 18.9 Å². The van der Waals surface area contributed by atoms with Crippen molar-refractivity contribution < 1.29 is 18.5 Å². The van der Waals surface area contributed by atoms with Gasteiger partial charge in [-0.2, -0.15) is 0 Å². The van der Waals surface area contributed by atoms with E-state index in [1.165, 1.54) is 0 Å². The molecule has 0 bridgehead atoms. The number of nitrogens with one attached hydrogen (secondary N) is 1. The number of rotatable bonds is 4. The van der Waals surface area contributed by atoms with Crippen LogP contribution in [0.1, 0.15) is 11.6 Å². The molecule has 3 heterocycles. The van der Waals surface area contributed by atoms with Gasteiger partial charge in [-0.3, -0.25) is 9.59 Å². The third-order valence-corrected chi connectivity index (χ3v) is 5.13. The largest absolute Gasteiger partial charge is 0.441 e. The summed E-state index contributed by atoms with van der Waals surface area (Å²) in [5, 5.41) is 7.66. The fourth-order valence-corrected chi connectivity index (χ4v) is 3.70. The summed E-state index contributed by atoms with van der Waals surface area (Å²) in [6.45, 7) is 0.833. The average Bonchev–Trinajstić information content (AvgIpc) is 3.33. The van der Waals surface area contributed by atoms with Crippen LogP contribution in [0.15, 0.2) is 57.5 Å². The molecule has 1 aliphatic rings. The van der Waals surface area contributed by atoms with E-state index >= 15 is 0 Å². The summed E-state index contributed by atoms with van der Waals surface area (Å²) in [5.41, 5.74) is 2.59. The quantitative estimate of drug-likeness (QED) is 0.573. The van der Waals surface area contributed by atoms with Gasteiger partial charge in [-0.25, -0.2) is 4.98 Å². The predicted molar refractivity (Wildman–Crippen MR) is 104 cm³/mol. The minimum Gasteiger partial charge on any atom is -0.441 e. The molecule has 0 saturated carbocycles. The Morgan fingerprint density at radius 2 is 1.93 bits per heavy atom. The molecule has 1 atom stereocenters. The monoisotopic (exact) mass is 390 g/mol. The molecule has 8 nitrogen and oxygen atoms in total. The van der Waals surface area contributed by atoms with Crippen LogP contribution in [0.3, 0.4) is 0 Å². The van der Waals surface area contributed by atoms with Crippen LogP contribution in [0.4, 0.5) is 0 Å².